The van der Waals surface area contributed by atoms with Crippen LogP contribution in [0.15, 0.2) is 53.4 Å². The quantitative estimate of drug-likeness (QED) is 0.458. The Bertz CT molecular complexity index is 1170. The van der Waals surface area contributed by atoms with Crippen molar-refractivity contribution in [2.75, 3.05) is 55.2 Å². The maximum atomic E-state index is 14.2. The van der Waals surface area contributed by atoms with E-state index < -0.39 is 5.82 Å². The fourth-order valence-electron chi connectivity index (χ4n) is 5.11. The predicted octanol–water partition coefficient (Wildman–Crippen LogP) is 3.49. The summed E-state index contributed by atoms with van der Waals surface area (Å²) in [6, 6.07) is 3.91. The van der Waals surface area contributed by atoms with E-state index in [0.717, 1.165) is 37.9 Å². The second-order valence-corrected chi connectivity index (χ2v) is 9.31. The number of hydrogen-bond acceptors (Lipinski definition) is 9. The number of hydrogen-bond donors (Lipinski definition) is 2. The van der Waals surface area contributed by atoms with Crippen molar-refractivity contribution in [1.29, 1.82) is 0 Å². The van der Waals surface area contributed by atoms with Gasteiger partial charge in [0.05, 0.1) is 55.3 Å². The highest BCUT2D eigenvalue weighted by molar-refractivity contribution is 5.78. The minimum absolute atomic E-state index is 0. The first-order valence-electron chi connectivity index (χ1n) is 12.1. The van der Waals surface area contributed by atoms with Gasteiger partial charge in [-0.1, -0.05) is 23.8 Å². The summed E-state index contributed by atoms with van der Waals surface area (Å²) in [6.07, 6.45) is 13.5. The normalized spacial score (nSPS) is 27.6. The number of nitrogens with zero attached hydrogens (tertiary/aromatic N) is 5. The summed E-state index contributed by atoms with van der Waals surface area (Å²) in [4.78, 5) is 14.6. The molecule has 6 rings (SSSR count). The Balaban J connectivity index is 0.00000160. The van der Waals surface area contributed by atoms with Crippen LogP contribution in [-0.4, -0.2) is 66.2 Å². The SMILES string of the molecule is Fc1cnc(N/N=C/c2ccc(NC34C=CC=C(C5CCOC5)C3C4)cn2)nc1N1CCOCC1.[HH].[HH]. The molecule has 2 N–H and O–H groups in total. The van der Waals surface area contributed by atoms with E-state index in [9.17, 15) is 4.39 Å². The van der Waals surface area contributed by atoms with Gasteiger partial charge in [0, 0.05) is 34.4 Å². The molecule has 2 aromatic heterocycles. The van der Waals surface area contributed by atoms with Crippen LogP contribution < -0.4 is 15.6 Å². The standard InChI is InChI=1S/C25H28FN7O2.2H2/c26-22-15-28-24(30-23(22)33-7-10-34-11-8-33)32-29-14-18-3-4-19(13-27-18)31-25-6-1-2-20(21(25)12-25)17-5-9-35-16-17;;/h1-4,6,13-15,17,21,31H,5,7-12,16H2,(H,28,30,32);2*1H/b29-14+;;. The third kappa shape index (κ3) is 4.63. The van der Waals surface area contributed by atoms with E-state index in [1.54, 1.807) is 6.21 Å². The minimum atomic E-state index is -0.462. The van der Waals surface area contributed by atoms with Gasteiger partial charge in [-0.3, -0.25) is 4.98 Å². The van der Waals surface area contributed by atoms with Gasteiger partial charge < -0.3 is 19.7 Å². The fraction of sp³-hybridized carbons (Fsp3) is 0.440. The molecule has 0 spiro atoms. The Morgan fingerprint density at radius 3 is 2.89 bits per heavy atom. The van der Waals surface area contributed by atoms with Crippen LogP contribution in [0.2, 0.25) is 0 Å². The van der Waals surface area contributed by atoms with Crippen molar-refractivity contribution in [2.24, 2.45) is 16.9 Å². The molecular weight excluding hydrogens is 449 g/mol. The molecule has 0 bridgehead atoms. The van der Waals surface area contributed by atoms with Crippen molar-refractivity contribution < 1.29 is 16.7 Å². The van der Waals surface area contributed by atoms with Crippen LogP contribution in [0.25, 0.3) is 0 Å². The Kier molecular flexibility index (Phi) is 5.91. The van der Waals surface area contributed by atoms with Gasteiger partial charge in [0.1, 0.15) is 0 Å². The molecule has 3 fully saturated rings. The minimum Gasteiger partial charge on any atom is -0.381 e. The number of morpholine rings is 1. The molecule has 2 aromatic rings. The third-order valence-electron chi connectivity index (χ3n) is 7.05. The number of pyridine rings is 1. The van der Waals surface area contributed by atoms with E-state index in [1.165, 1.54) is 5.57 Å². The average Bonchev–Trinajstić information content (AvgIpc) is 3.35. The van der Waals surface area contributed by atoms with E-state index in [4.69, 9.17) is 9.47 Å². The molecule has 9 nitrogen and oxygen atoms in total. The first-order valence-corrected chi connectivity index (χ1v) is 12.1. The van der Waals surface area contributed by atoms with E-state index >= 15 is 0 Å². The summed E-state index contributed by atoms with van der Waals surface area (Å²) in [5, 5.41) is 7.85. The number of halogens is 1. The van der Waals surface area contributed by atoms with Gasteiger partial charge >= 0.3 is 0 Å². The highest BCUT2D eigenvalue weighted by Gasteiger charge is 2.56. The van der Waals surface area contributed by atoms with Gasteiger partial charge in [-0.15, -0.1) is 0 Å². The van der Waals surface area contributed by atoms with E-state index in [0.29, 0.717) is 43.8 Å². The van der Waals surface area contributed by atoms with E-state index in [-0.39, 0.29) is 20.2 Å². The van der Waals surface area contributed by atoms with Crippen LogP contribution >= 0.6 is 0 Å². The Morgan fingerprint density at radius 1 is 1.17 bits per heavy atom. The summed E-state index contributed by atoms with van der Waals surface area (Å²) in [5.74, 6) is 1.09. The molecule has 186 valence electrons. The van der Waals surface area contributed by atoms with Gasteiger partial charge in [-0.05, 0) is 25.0 Å². The molecular formula is C25H32FN7O2. The maximum Gasteiger partial charge on any atom is 0.245 e. The fourth-order valence-corrected chi connectivity index (χ4v) is 5.11. The highest BCUT2D eigenvalue weighted by atomic mass is 19.1. The summed E-state index contributed by atoms with van der Waals surface area (Å²) in [5.41, 5.74) is 5.93. The Labute approximate surface area is 206 Å². The molecule has 3 unspecified atom stereocenters. The van der Waals surface area contributed by atoms with E-state index in [1.807, 2.05) is 23.2 Å². The lowest BCUT2D eigenvalue weighted by atomic mass is 9.89. The lowest BCUT2D eigenvalue weighted by molar-refractivity contribution is 0.122. The van der Waals surface area contributed by atoms with Crippen LogP contribution in [-0.2, 0) is 9.47 Å². The van der Waals surface area contributed by atoms with Crippen molar-refractivity contribution in [2.45, 2.75) is 18.4 Å². The molecule has 3 atom stereocenters. The average molecular weight is 482 g/mol. The van der Waals surface area contributed by atoms with Crippen LogP contribution in [0, 0.1) is 17.7 Å². The topological polar surface area (TPSA) is 96.8 Å². The third-order valence-corrected chi connectivity index (χ3v) is 7.05. The van der Waals surface area contributed by atoms with E-state index in [2.05, 4.69) is 49.0 Å². The Morgan fingerprint density at radius 2 is 2.09 bits per heavy atom. The molecule has 10 heteroatoms. The van der Waals surface area contributed by atoms with Crippen molar-refractivity contribution in [3.63, 3.8) is 0 Å². The zero-order valence-electron chi connectivity index (χ0n) is 19.4. The number of aromatic nitrogens is 3. The number of ether oxygens (including phenoxy) is 2. The first kappa shape index (κ1) is 22.1. The number of fused-ring (bicyclic) bond motifs is 1. The number of allylic oxidation sites excluding steroid dienone is 2. The highest BCUT2D eigenvalue weighted by Crippen LogP contribution is 2.56. The predicted molar refractivity (Wildman–Crippen MR) is 135 cm³/mol. The number of anilines is 3. The van der Waals surface area contributed by atoms with Crippen LogP contribution in [0.4, 0.5) is 21.8 Å². The maximum absolute atomic E-state index is 14.2. The molecule has 0 amide bonds. The van der Waals surface area contributed by atoms with Gasteiger partial charge in [0.25, 0.3) is 0 Å². The first-order chi connectivity index (χ1) is 17.2. The summed E-state index contributed by atoms with van der Waals surface area (Å²) < 4.78 is 25.1. The van der Waals surface area contributed by atoms with Crippen molar-refractivity contribution in [1.82, 2.24) is 15.0 Å². The molecule has 4 heterocycles. The molecule has 2 aliphatic heterocycles. The molecule has 2 aliphatic carbocycles. The van der Waals surface area contributed by atoms with Crippen molar-refractivity contribution in [3.05, 3.63) is 59.8 Å². The molecule has 1 saturated carbocycles. The smallest absolute Gasteiger partial charge is 0.245 e. The zero-order chi connectivity index (χ0) is 23.7. The largest absolute Gasteiger partial charge is 0.381 e. The van der Waals surface area contributed by atoms with Gasteiger partial charge in [0.15, 0.2) is 11.6 Å². The van der Waals surface area contributed by atoms with Gasteiger partial charge in [-0.25, -0.2) is 14.8 Å². The lowest BCUT2D eigenvalue weighted by Gasteiger charge is -2.27. The molecule has 0 aromatic carbocycles. The van der Waals surface area contributed by atoms with Crippen molar-refractivity contribution in [3.8, 4) is 0 Å². The molecule has 35 heavy (non-hydrogen) atoms. The second kappa shape index (κ2) is 9.35. The lowest BCUT2D eigenvalue weighted by Crippen LogP contribution is -2.37. The monoisotopic (exact) mass is 481 g/mol. The van der Waals surface area contributed by atoms with Gasteiger partial charge in [-0.2, -0.15) is 10.1 Å². The molecule has 0 radical (unpaired) electrons. The van der Waals surface area contributed by atoms with Crippen LogP contribution in [0.5, 0.6) is 0 Å². The summed E-state index contributed by atoms with van der Waals surface area (Å²) in [7, 11) is 0. The number of nitrogens with one attached hydrogen (secondary N) is 2. The molecule has 2 saturated heterocycles. The number of hydrazone groups is 1. The van der Waals surface area contributed by atoms with Crippen molar-refractivity contribution >= 4 is 23.7 Å². The molecule has 4 aliphatic rings. The summed E-state index contributed by atoms with van der Waals surface area (Å²) >= 11 is 0. The second-order valence-electron chi connectivity index (χ2n) is 9.31. The number of rotatable bonds is 7. The Hall–Kier alpha value is -3.37. The summed E-state index contributed by atoms with van der Waals surface area (Å²) in [6.45, 7) is 3.98. The zero-order valence-corrected chi connectivity index (χ0v) is 19.4. The van der Waals surface area contributed by atoms with Crippen LogP contribution in [0.3, 0.4) is 0 Å². The van der Waals surface area contributed by atoms with Gasteiger partial charge in [0.2, 0.25) is 5.95 Å². The van der Waals surface area contributed by atoms with Crippen LogP contribution in [0.1, 0.15) is 21.4 Å².